The third-order valence-corrected chi connectivity index (χ3v) is 1.82. The number of hydrogen-bond donors (Lipinski definition) is 2. The van der Waals surface area contributed by atoms with Gasteiger partial charge in [-0.15, -0.1) is 12.3 Å². The van der Waals surface area contributed by atoms with Gasteiger partial charge < -0.3 is 5.32 Å². The van der Waals surface area contributed by atoms with Crippen molar-refractivity contribution < 1.29 is 0 Å². The molecule has 1 atom stereocenters. The molecule has 1 aromatic heterocycles. The molecule has 70 valence electrons. The largest absolute Gasteiger partial charge is 0.309 e. The fourth-order valence-corrected chi connectivity index (χ4v) is 1.21. The van der Waals surface area contributed by atoms with Gasteiger partial charge in [0.1, 0.15) is 0 Å². The van der Waals surface area contributed by atoms with Crippen LogP contribution in [-0.4, -0.2) is 22.0 Å². The Labute approximate surface area is 78.1 Å². The molecule has 2 N–H and O–H groups in total. The lowest BCUT2D eigenvalue weighted by molar-refractivity contribution is 0.510. The molecule has 13 heavy (non-hydrogen) atoms. The molecular weight excluding hydrogens is 164 g/mol. The van der Waals surface area contributed by atoms with Crippen LogP contribution in [0.15, 0.2) is 6.20 Å². The topological polar surface area (TPSA) is 53.6 Å². The van der Waals surface area contributed by atoms with Gasteiger partial charge in [0.05, 0.1) is 17.9 Å². The standard InChI is InChI=1S/C9H14N4/c1-3-5-6-8(10-4-2)9-7-11-13-12-9/h1,7-8,10H,4-6H2,2H3,(H,11,12,13). The summed E-state index contributed by atoms with van der Waals surface area (Å²) >= 11 is 0. The van der Waals surface area contributed by atoms with Crippen molar-refractivity contribution in [1.29, 1.82) is 0 Å². The molecule has 0 fully saturated rings. The molecule has 1 rings (SSSR count). The van der Waals surface area contributed by atoms with Crippen LogP contribution >= 0.6 is 0 Å². The van der Waals surface area contributed by atoms with Crippen molar-refractivity contribution in [3.05, 3.63) is 11.9 Å². The van der Waals surface area contributed by atoms with Gasteiger partial charge in [-0.1, -0.05) is 6.92 Å². The molecule has 4 heteroatoms. The molecule has 0 aliphatic heterocycles. The van der Waals surface area contributed by atoms with E-state index in [9.17, 15) is 0 Å². The smallest absolute Gasteiger partial charge is 0.0994 e. The van der Waals surface area contributed by atoms with Crippen LogP contribution in [0.2, 0.25) is 0 Å². The minimum atomic E-state index is 0.222. The van der Waals surface area contributed by atoms with Crippen LogP contribution in [-0.2, 0) is 0 Å². The molecule has 0 amide bonds. The molecule has 0 saturated carbocycles. The Bertz CT molecular complexity index is 260. The Hall–Kier alpha value is -1.34. The highest BCUT2D eigenvalue weighted by Crippen LogP contribution is 2.13. The van der Waals surface area contributed by atoms with Gasteiger partial charge in [-0.3, -0.25) is 0 Å². The Morgan fingerprint density at radius 2 is 2.62 bits per heavy atom. The van der Waals surface area contributed by atoms with E-state index < -0.39 is 0 Å². The number of H-pyrrole nitrogens is 1. The van der Waals surface area contributed by atoms with Crippen molar-refractivity contribution in [2.45, 2.75) is 25.8 Å². The van der Waals surface area contributed by atoms with E-state index in [0.717, 1.165) is 25.1 Å². The number of aromatic amines is 1. The minimum absolute atomic E-state index is 0.222. The number of terminal acetylenes is 1. The molecule has 0 aliphatic carbocycles. The van der Waals surface area contributed by atoms with E-state index in [1.807, 2.05) is 0 Å². The quantitative estimate of drug-likeness (QED) is 0.658. The molecule has 1 unspecified atom stereocenters. The van der Waals surface area contributed by atoms with Crippen molar-refractivity contribution in [1.82, 2.24) is 20.7 Å². The van der Waals surface area contributed by atoms with Gasteiger partial charge in [-0.2, -0.15) is 15.4 Å². The Morgan fingerprint density at radius 3 is 3.15 bits per heavy atom. The van der Waals surface area contributed by atoms with Crippen LogP contribution in [0.25, 0.3) is 0 Å². The van der Waals surface area contributed by atoms with Gasteiger partial charge in [0, 0.05) is 6.42 Å². The summed E-state index contributed by atoms with van der Waals surface area (Å²) in [4.78, 5) is 0. The van der Waals surface area contributed by atoms with Crippen LogP contribution in [0.1, 0.15) is 31.5 Å². The zero-order chi connectivity index (χ0) is 9.52. The first-order chi connectivity index (χ1) is 6.38. The maximum absolute atomic E-state index is 5.20. The average molecular weight is 178 g/mol. The van der Waals surface area contributed by atoms with Crippen LogP contribution < -0.4 is 5.32 Å². The lowest BCUT2D eigenvalue weighted by Gasteiger charge is -2.12. The Balaban J connectivity index is 2.53. The fraction of sp³-hybridized carbons (Fsp3) is 0.556. The predicted octanol–water partition coefficient (Wildman–Crippen LogP) is 0.869. The number of aromatic nitrogens is 3. The molecule has 0 bridgehead atoms. The van der Waals surface area contributed by atoms with E-state index in [1.165, 1.54) is 0 Å². The summed E-state index contributed by atoms with van der Waals surface area (Å²) in [7, 11) is 0. The molecule has 4 nitrogen and oxygen atoms in total. The first-order valence-corrected chi connectivity index (χ1v) is 4.41. The maximum atomic E-state index is 5.20. The van der Waals surface area contributed by atoms with Crippen molar-refractivity contribution in [3.63, 3.8) is 0 Å². The molecule has 1 aromatic rings. The van der Waals surface area contributed by atoms with E-state index in [1.54, 1.807) is 6.20 Å². The summed E-state index contributed by atoms with van der Waals surface area (Å²) in [5.41, 5.74) is 0.928. The van der Waals surface area contributed by atoms with E-state index in [0.29, 0.717) is 0 Å². The van der Waals surface area contributed by atoms with Crippen LogP contribution in [0.4, 0.5) is 0 Å². The van der Waals surface area contributed by atoms with Gasteiger partial charge in [0.25, 0.3) is 0 Å². The summed E-state index contributed by atoms with van der Waals surface area (Å²) in [6.07, 6.45) is 8.58. The van der Waals surface area contributed by atoms with Gasteiger partial charge >= 0.3 is 0 Å². The molecule has 0 spiro atoms. The maximum Gasteiger partial charge on any atom is 0.0994 e. The fourth-order valence-electron chi connectivity index (χ4n) is 1.21. The third-order valence-electron chi connectivity index (χ3n) is 1.82. The van der Waals surface area contributed by atoms with Gasteiger partial charge in [-0.25, -0.2) is 0 Å². The van der Waals surface area contributed by atoms with Crippen LogP contribution in [0.3, 0.4) is 0 Å². The summed E-state index contributed by atoms with van der Waals surface area (Å²) in [5.74, 6) is 2.62. The molecule has 0 aromatic carbocycles. The second kappa shape index (κ2) is 5.33. The first-order valence-electron chi connectivity index (χ1n) is 4.41. The number of nitrogens with zero attached hydrogens (tertiary/aromatic N) is 2. The summed E-state index contributed by atoms with van der Waals surface area (Å²) in [5, 5.41) is 13.7. The van der Waals surface area contributed by atoms with E-state index >= 15 is 0 Å². The highest BCUT2D eigenvalue weighted by molar-refractivity contribution is 5.01. The van der Waals surface area contributed by atoms with Crippen molar-refractivity contribution in [3.8, 4) is 12.3 Å². The lowest BCUT2D eigenvalue weighted by atomic mass is 10.1. The molecule has 0 saturated heterocycles. The van der Waals surface area contributed by atoms with Crippen molar-refractivity contribution >= 4 is 0 Å². The predicted molar refractivity (Wildman–Crippen MR) is 50.9 cm³/mol. The molecular formula is C9H14N4. The number of nitrogens with one attached hydrogen (secondary N) is 2. The van der Waals surface area contributed by atoms with Crippen molar-refractivity contribution in [2.75, 3.05) is 6.54 Å². The Kier molecular flexibility index (Phi) is 4.00. The minimum Gasteiger partial charge on any atom is -0.309 e. The van der Waals surface area contributed by atoms with E-state index in [-0.39, 0.29) is 6.04 Å². The lowest BCUT2D eigenvalue weighted by Crippen LogP contribution is -2.21. The molecule has 1 heterocycles. The molecule has 0 radical (unpaired) electrons. The second-order valence-electron chi connectivity index (χ2n) is 2.75. The van der Waals surface area contributed by atoms with Gasteiger partial charge in [-0.05, 0) is 13.0 Å². The number of hydrogen-bond acceptors (Lipinski definition) is 3. The normalized spacial score (nSPS) is 12.3. The average Bonchev–Trinajstić information content (AvgIpc) is 2.65. The first kappa shape index (κ1) is 9.75. The highest BCUT2D eigenvalue weighted by Gasteiger charge is 2.11. The number of rotatable bonds is 5. The van der Waals surface area contributed by atoms with E-state index in [2.05, 4.69) is 33.6 Å². The zero-order valence-corrected chi connectivity index (χ0v) is 7.75. The van der Waals surface area contributed by atoms with E-state index in [4.69, 9.17) is 6.42 Å². The monoisotopic (exact) mass is 178 g/mol. The summed E-state index contributed by atoms with van der Waals surface area (Å²) < 4.78 is 0. The Morgan fingerprint density at radius 1 is 1.77 bits per heavy atom. The van der Waals surface area contributed by atoms with Crippen LogP contribution in [0, 0.1) is 12.3 Å². The SMILES string of the molecule is C#CCCC(NCC)c1cn[nH]n1. The third kappa shape index (κ3) is 2.88. The van der Waals surface area contributed by atoms with Gasteiger partial charge in [0.2, 0.25) is 0 Å². The molecule has 0 aliphatic rings. The summed E-state index contributed by atoms with van der Waals surface area (Å²) in [6, 6.07) is 0.222. The highest BCUT2D eigenvalue weighted by atomic mass is 15.3. The van der Waals surface area contributed by atoms with Crippen LogP contribution in [0.5, 0.6) is 0 Å². The second-order valence-corrected chi connectivity index (χ2v) is 2.75. The van der Waals surface area contributed by atoms with Crippen molar-refractivity contribution in [2.24, 2.45) is 0 Å². The zero-order valence-electron chi connectivity index (χ0n) is 7.75. The summed E-state index contributed by atoms with van der Waals surface area (Å²) in [6.45, 7) is 2.96. The van der Waals surface area contributed by atoms with Gasteiger partial charge in [0.15, 0.2) is 0 Å².